The van der Waals surface area contributed by atoms with Crippen LogP contribution >= 0.6 is 11.6 Å². The number of nitrogens with one attached hydrogen (secondary N) is 1. The predicted molar refractivity (Wildman–Crippen MR) is 88.9 cm³/mol. The second-order valence-corrected chi connectivity index (χ2v) is 6.19. The maximum atomic E-state index is 14.2. The Labute approximate surface area is 133 Å². The Bertz CT molecular complexity index is 869. The summed E-state index contributed by atoms with van der Waals surface area (Å²) in [6.07, 6.45) is 2.94. The summed E-state index contributed by atoms with van der Waals surface area (Å²) in [7, 11) is 1.96. The Morgan fingerprint density at radius 3 is 2.77 bits per heavy atom. The molecule has 0 radical (unpaired) electrons. The molecule has 1 atom stereocenters. The zero-order valence-electron chi connectivity index (χ0n) is 12.2. The average Bonchev–Trinajstić information content (AvgIpc) is 2.90. The number of halogens is 2. The van der Waals surface area contributed by atoms with Crippen molar-refractivity contribution in [3.05, 3.63) is 59.0 Å². The summed E-state index contributed by atoms with van der Waals surface area (Å²) in [4.78, 5) is 0. The van der Waals surface area contributed by atoms with E-state index < -0.39 is 0 Å². The molecule has 4 rings (SSSR count). The highest BCUT2D eigenvalue weighted by Crippen LogP contribution is 2.38. The topological polar surface area (TPSA) is 17.0 Å². The molecule has 3 aromatic rings. The lowest BCUT2D eigenvalue weighted by Gasteiger charge is -2.25. The lowest BCUT2D eigenvalue weighted by Crippen LogP contribution is -2.35. The molecular formula is C18H16ClFN2. The first kappa shape index (κ1) is 13.8. The first-order valence-electron chi connectivity index (χ1n) is 7.41. The minimum absolute atomic E-state index is 0.192. The Hall–Kier alpha value is -1.84. The number of rotatable bonds is 2. The van der Waals surface area contributed by atoms with Gasteiger partial charge in [-0.2, -0.15) is 0 Å². The van der Waals surface area contributed by atoms with Crippen LogP contribution in [0.2, 0.25) is 5.02 Å². The molecule has 0 unspecified atom stereocenters. The Morgan fingerprint density at radius 1 is 1.18 bits per heavy atom. The minimum Gasteiger partial charge on any atom is -0.345 e. The van der Waals surface area contributed by atoms with Crippen molar-refractivity contribution in [3.63, 3.8) is 0 Å². The van der Waals surface area contributed by atoms with Crippen LogP contribution in [0, 0.1) is 5.82 Å². The second-order valence-electron chi connectivity index (χ2n) is 5.79. The highest BCUT2D eigenvalue weighted by molar-refractivity contribution is 6.32. The number of hydrogen-bond acceptors (Lipinski definition) is 1. The van der Waals surface area contributed by atoms with E-state index in [1.54, 1.807) is 6.07 Å². The van der Waals surface area contributed by atoms with Crippen LogP contribution in [0.5, 0.6) is 0 Å². The van der Waals surface area contributed by atoms with Crippen molar-refractivity contribution in [1.29, 1.82) is 0 Å². The third kappa shape index (κ3) is 1.97. The van der Waals surface area contributed by atoms with Crippen LogP contribution in [-0.4, -0.2) is 17.7 Å². The minimum atomic E-state index is -0.192. The fraction of sp³-hybridized carbons (Fsp3) is 0.222. The van der Waals surface area contributed by atoms with Gasteiger partial charge in [-0.1, -0.05) is 35.9 Å². The molecule has 0 fully saturated rings. The van der Waals surface area contributed by atoms with Crippen molar-refractivity contribution in [2.75, 3.05) is 7.05 Å². The lowest BCUT2D eigenvalue weighted by atomic mass is 9.97. The fourth-order valence-electron chi connectivity index (χ4n) is 3.42. The van der Waals surface area contributed by atoms with Crippen LogP contribution in [0.15, 0.2) is 42.6 Å². The molecule has 0 spiro atoms. The van der Waals surface area contributed by atoms with Gasteiger partial charge in [0.15, 0.2) is 0 Å². The van der Waals surface area contributed by atoms with Crippen LogP contribution in [-0.2, 0) is 13.0 Å². The third-order valence-electron chi connectivity index (χ3n) is 4.53. The van der Waals surface area contributed by atoms with Gasteiger partial charge in [-0.25, -0.2) is 4.39 Å². The van der Waals surface area contributed by atoms with Crippen molar-refractivity contribution in [2.45, 2.75) is 19.0 Å². The summed E-state index contributed by atoms with van der Waals surface area (Å²) >= 11 is 6.40. The molecule has 2 nitrogen and oxygen atoms in total. The van der Waals surface area contributed by atoms with Crippen molar-refractivity contribution < 1.29 is 4.39 Å². The molecular weight excluding hydrogens is 299 g/mol. The number of benzene rings is 2. The Morgan fingerprint density at radius 2 is 2.00 bits per heavy atom. The van der Waals surface area contributed by atoms with Crippen molar-refractivity contribution in [3.8, 4) is 11.1 Å². The monoisotopic (exact) mass is 314 g/mol. The normalized spacial score (nSPS) is 17.1. The highest BCUT2D eigenvalue weighted by Gasteiger charge is 2.24. The maximum absolute atomic E-state index is 14.2. The first-order chi connectivity index (χ1) is 10.7. The van der Waals surface area contributed by atoms with Gasteiger partial charge in [-0.15, -0.1) is 0 Å². The molecule has 112 valence electrons. The van der Waals surface area contributed by atoms with Gasteiger partial charge in [-0.3, -0.25) is 0 Å². The second kappa shape index (κ2) is 5.11. The van der Waals surface area contributed by atoms with Gasteiger partial charge in [0.2, 0.25) is 0 Å². The van der Waals surface area contributed by atoms with Gasteiger partial charge in [0.25, 0.3) is 0 Å². The van der Waals surface area contributed by atoms with Crippen LogP contribution in [0.1, 0.15) is 5.56 Å². The summed E-state index contributed by atoms with van der Waals surface area (Å²) in [5.41, 5.74) is 3.86. The van der Waals surface area contributed by atoms with E-state index in [0.717, 1.165) is 40.0 Å². The lowest BCUT2D eigenvalue weighted by molar-refractivity contribution is 0.471. The Kier molecular flexibility index (Phi) is 3.21. The van der Waals surface area contributed by atoms with Crippen LogP contribution in [0.3, 0.4) is 0 Å². The van der Waals surface area contributed by atoms with Crippen molar-refractivity contribution >= 4 is 22.5 Å². The molecule has 2 aromatic carbocycles. The quantitative estimate of drug-likeness (QED) is 0.748. The molecule has 0 bridgehead atoms. The summed E-state index contributed by atoms with van der Waals surface area (Å²) < 4.78 is 16.4. The smallest absolute Gasteiger partial charge is 0.131 e. The van der Waals surface area contributed by atoms with Crippen molar-refractivity contribution in [2.24, 2.45) is 0 Å². The summed E-state index contributed by atoms with van der Waals surface area (Å²) in [6.45, 7) is 0.870. The van der Waals surface area contributed by atoms with Gasteiger partial charge in [0.1, 0.15) is 5.82 Å². The molecule has 1 aliphatic rings. The first-order valence-corrected chi connectivity index (χ1v) is 7.79. The largest absolute Gasteiger partial charge is 0.345 e. The molecule has 0 saturated carbocycles. The van der Waals surface area contributed by atoms with Gasteiger partial charge in [-0.05, 0) is 31.2 Å². The zero-order chi connectivity index (χ0) is 15.3. The van der Waals surface area contributed by atoms with E-state index in [1.807, 2.05) is 37.5 Å². The molecule has 0 amide bonds. The number of hydrogen-bond donors (Lipinski definition) is 1. The molecule has 2 heterocycles. The number of aromatic nitrogens is 1. The molecule has 22 heavy (non-hydrogen) atoms. The van der Waals surface area contributed by atoms with Gasteiger partial charge >= 0.3 is 0 Å². The van der Waals surface area contributed by atoms with Crippen LogP contribution in [0.4, 0.5) is 4.39 Å². The van der Waals surface area contributed by atoms with E-state index >= 15 is 0 Å². The van der Waals surface area contributed by atoms with E-state index in [-0.39, 0.29) is 5.82 Å². The van der Waals surface area contributed by atoms with Gasteiger partial charge in [0, 0.05) is 40.3 Å². The molecule has 1 aliphatic heterocycles. The standard InChI is InChI=1S/C18H16ClFN2/c1-21-11-8-14-16(19)7-6-13-15(10-22(9-11)18(13)14)12-4-2-3-5-17(12)20/h2-7,10-11,21H,8-9H2,1H3/t11-/m0/s1. The highest BCUT2D eigenvalue weighted by atomic mass is 35.5. The number of nitrogens with zero attached hydrogens (tertiary/aromatic N) is 1. The molecule has 4 heteroatoms. The summed E-state index contributed by atoms with van der Waals surface area (Å²) in [5.74, 6) is -0.192. The van der Waals surface area contributed by atoms with Gasteiger partial charge in [0.05, 0.1) is 5.52 Å². The van der Waals surface area contributed by atoms with E-state index in [4.69, 9.17) is 11.6 Å². The average molecular weight is 315 g/mol. The zero-order valence-corrected chi connectivity index (χ0v) is 13.0. The predicted octanol–water partition coefficient (Wildman–Crippen LogP) is 4.24. The summed E-state index contributed by atoms with van der Waals surface area (Å²) in [6, 6.07) is 11.2. The third-order valence-corrected chi connectivity index (χ3v) is 4.88. The van der Waals surface area contributed by atoms with Gasteiger partial charge < -0.3 is 9.88 Å². The van der Waals surface area contributed by atoms with Crippen LogP contribution < -0.4 is 5.32 Å². The molecule has 0 saturated heterocycles. The molecule has 1 N–H and O–H groups in total. The molecule has 0 aliphatic carbocycles. The maximum Gasteiger partial charge on any atom is 0.131 e. The van der Waals surface area contributed by atoms with Crippen molar-refractivity contribution in [1.82, 2.24) is 9.88 Å². The summed E-state index contributed by atoms with van der Waals surface area (Å²) in [5, 5.41) is 5.17. The molecule has 1 aromatic heterocycles. The van der Waals surface area contributed by atoms with E-state index in [0.29, 0.717) is 11.6 Å². The van der Waals surface area contributed by atoms with Crippen LogP contribution in [0.25, 0.3) is 22.0 Å². The van der Waals surface area contributed by atoms with E-state index in [1.165, 1.54) is 6.07 Å². The SMILES string of the molecule is CN[C@H]1Cc2c(Cl)ccc3c(-c4ccccc4F)cn(c23)C1. The Balaban J connectivity index is 2.02. The number of likely N-dealkylation sites (N-methyl/N-ethyl adjacent to an activating group) is 1. The fourth-order valence-corrected chi connectivity index (χ4v) is 3.65. The van der Waals surface area contributed by atoms with E-state index in [9.17, 15) is 4.39 Å². The van der Waals surface area contributed by atoms with E-state index in [2.05, 4.69) is 9.88 Å².